The predicted molar refractivity (Wildman–Crippen MR) is 479 cm³/mol. The van der Waals surface area contributed by atoms with Gasteiger partial charge in [-0.25, -0.2) is 43.6 Å². The van der Waals surface area contributed by atoms with Gasteiger partial charge in [-0.3, -0.25) is 48.6 Å². The summed E-state index contributed by atoms with van der Waals surface area (Å²) in [6.07, 6.45) is -5.90. The molecule has 6 aliphatic rings. The number of ether oxygens (including phenoxy) is 4. The minimum Gasteiger partial charge on any atom is -0.497 e. The number of piperidine rings is 3. The number of carbonyl (C=O) groups excluding carboxylic acids is 10. The molecule has 29 nitrogen and oxygen atoms in total. The lowest BCUT2D eigenvalue weighted by atomic mass is 9.81. The van der Waals surface area contributed by atoms with E-state index in [-0.39, 0.29) is 81.5 Å². The SMILES string of the molecule is CNC(=O)[C@@H]1[C@@H](Cc2ccnc(C)c2)C(=O)N1C(=O)N1CCCC(c2ccc(C(F)(F)F)cc2)C1.CNC(=O)[C@@H]1[C@@H](Cc2ccnc(N(Cc3ccc(OC)cc3)C(=O)OC(C)(C)C)c2)C(=O)N1C(=O)N1CCCC(c2ccc(C(F)(F)F)cc2)C1.COc1ccc(CN(C(=O)OC(C)(C)C)c2cc(C[C@H]3C(=O)N(C(=O)N4CCCC(c5ccc(C(F)(F)F)cc5)C4)[C@@H]3C(=O)O)ccn2)cc1. The maximum Gasteiger partial charge on any atom is 0.416 e. The van der Waals surface area contributed by atoms with Crippen molar-refractivity contribution >= 4 is 77.4 Å². The van der Waals surface area contributed by atoms with E-state index in [9.17, 15) is 97.4 Å². The molecule has 0 aliphatic carbocycles. The monoisotopic (exact) mass is 1890 g/mol. The molecule has 0 bridgehead atoms. The van der Waals surface area contributed by atoms with E-state index in [4.69, 9.17) is 18.9 Å². The summed E-state index contributed by atoms with van der Waals surface area (Å²) in [4.78, 5) is 168. The number of urea groups is 3. The molecule has 13 amide bonds. The standard InChI is InChI=1S/C37H42F3N5O6.C36H39F3N4O7.C25H27F3N4O3/c1-36(2,3)51-35(49)44(21-23-8-14-28(50-5)15-9-23)30-20-24(16-17-42-30)19-29-31(32(46)41-4)45(33(29)47)34(48)43-18-6-7-26(22-43)25-10-12-27(13-11-25)37(38,39)40;1-35(2,3)50-34(48)42(20-22-7-13-27(49-4)14-8-22)29-19-23(15-16-40-29)18-28-30(32(45)46)43(31(28)44)33(47)41-17-5-6-25(21-41)24-9-11-26(12-10-24)36(37,38)39;1-15-12-16(9-10-30-15)13-20-21(22(33)29-2)32(23(20)34)24(35)31-11-3-4-18(14-31)17-5-7-19(8-6-17)25(26,27)28/h8-17,20,26,29,31H,6-7,18-19,21-22H2,1-5H3,(H,41,46);7-16,19,25,28,30H,5-6,17-18,20-21H2,1-4H3,(H,45,46);5-10,12,18,20-21H,3-4,11,13-14H2,1-2H3,(H,29,33)/t26?,29-,31+;25?,28-,30+;18?,20-,21+/m111/s1. The Balaban J connectivity index is 0.000000187. The number of aliphatic carboxylic acids is 1. The van der Waals surface area contributed by atoms with Crippen LogP contribution in [0.5, 0.6) is 11.5 Å². The number of alkyl halides is 9. The zero-order valence-electron chi connectivity index (χ0n) is 76.9. The number of hydrogen-bond donors (Lipinski definition) is 3. The fourth-order valence-corrected chi connectivity index (χ4v) is 17.5. The van der Waals surface area contributed by atoms with Crippen LogP contribution in [-0.4, -0.2) is 212 Å². The quantitative estimate of drug-likeness (QED) is 0.0471. The number of halogens is 9. The van der Waals surface area contributed by atoms with Gasteiger partial charge in [0.2, 0.25) is 29.5 Å². The van der Waals surface area contributed by atoms with Crippen molar-refractivity contribution in [2.45, 2.75) is 185 Å². The van der Waals surface area contributed by atoms with E-state index in [2.05, 4.69) is 25.6 Å². The maximum atomic E-state index is 13.8. The Labute approximate surface area is 780 Å². The van der Waals surface area contributed by atoms with Crippen LogP contribution in [0.2, 0.25) is 0 Å². The van der Waals surface area contributed by atoms with Crippen molar-refractivity contribution in [1.29, 1.82) is 0 Å². The Morgan fingerprint density at radius 3 is 0.985 bits per heavy atom. The topological polar surface area (TPSA) is 334 Å². The number of hydrogen-bond acceptors (Lipinski definition) is 18. The van der Waals surface area contributed by atoms with Crippen LogP contribution in [0, 0.1) is 24.7 Å². The Bertz CT molecular complexity index is 5670. The number of likely N-dealkylation sites (N-methyl/N-ethyl adjacent to an activating group) is 2. The lowest BCUT2D eigenvalue weighted by molar-refractivity contribution is -0.166. The molecule has 0 saturated carbocycles. The van der Waals surface area contributed by atoms with Gasteiger partial charge in [0.25, 0.3) is 0 Å². The number of carboxylic acid groups (broad SMARTS) is 1. The molecule has 6 fully saturated rings. The van der Waals surface area contributed by atoms with Crippen LogP contribution in [0.1, 0.15) is 165 Å². The van der Waals surface area contributed by atoms with Gasteiger partial charge in [0.15, 0.2) is 6.04 Å². The Morgan fingerprint density at radius 2 is 0.706 bits per heavy atom. The second kappa shape index (κ2) is 42.5. The number of anilines is 2. The molecule has 3 N–H and O–H groups in total. The van der Waals surface area contributed by atoms with Crippen LogP contribution in [0.15, 0.2) is 176 Å². The van der Waals surface area contributed by atoms with Gasteiger partial charge >= 0.3 is 54.8 Å². The number of amides is 13. The van der Waals surface area contributed by atoms with Gasteiger partial charge < -0.3 is 49.4 Å². The number of carboxylic acids is 1. The van der Waals surface area contributed by atoms with E-state index in [1.54, 1.807) is 129 Å². The number of carbonyl (C=O) groups is 11. The normalized spacial score (nSPS) is 20.1. The number of imide groups is 3. The fourth-order valence-electron chi connectivity index (χ4n) is 17.5. The highest BCUT2D eigenvalue weighted by atomic mass is 19.4. The minimum atomic E-state index is -4.47. The van der Waals surface area contributed by atoms with E-state index in [1.165, 1.54) is 87.4 Å². The highest BCUT2D eigenvalue weighted by Crippen LogP contribution is 2.42. The number of nitrogens with one attached hydrogen (secondary N) is 2. The van der Waals surface area contributed by atoms with Crippen molar-refractivity contribution in [3.8, 4) is 11.5 Å². The molecule has 724 valence electrons. The van der Waals surface area contributed by atoms with Crippen molar-refractivity contribution < 1.29 is 116 Å². The molecule has 9 heterocycles. The van der Waals surface area contributed by atoms with Crippen LogP contribution in [0.25, 0.3) is 0 Å². The number of methoxy groups -OCH3 is 2. The average Bonchev–Trinajstić information content (AvgIpc) is 0.742. The summed E-state index contributed by atoms with van der Waals surface area (Å²) in [5.74, 6) is -5.28. The summed E-state index contributed by atoms with van der Waals surface area (Å²) in [7, 11) is 5.99. The van der Waals surface area contributed by atoms with Crippen LogP contribution in [0.4, 0.5) is 75.1 Å². The first kappa shape index (κ1) is 101. The van der Waals surface area contributed by atoms with Gasteiger partial charge in [0.1, 0.15) is 46.4 Å². The molecule has 3 unspecified atom stereocenters. The lowest BCUT2D eigenvalue weighted by Crippen LogP contribution is -2.70. The molecule has 9 atom stereocenters. The van der Waals surface area contributed by atoms with E-state index in [0.717, 1.165) is 73.5 Å². The first-order valence-corrected chi connectivity index (χ1v) is 44.4. The third-order valence-corrected chi connectivity index (χ3v) is 24.5. The van der Waals surface area contributed by atoms with Gasteiger partial charge in [-0.2, -0.15) is 39.5 Å². The maximum absolute atomic E-state index is 13.8. The molecule has 6 saturated heterocycles. The number of rotatable bonds is 20. The van der Waals surface area contributed by atoms with E-state index < -0.39 is 148 Å². The molecular formula is C98H108F9N13O16. The second-order valence-electron chi connectivity index (χ2n) is 36.2. The molecule has 136 heavy (non-hydrogen) atoms. The first-order chi connectivity index (χ1) is 64.2. The van der Waals surface area contributed by atoms with Crippen molar-refractivity contribution in [1.82, 2.24) is 55.0 Å². The third-order valence-electron chi connectivity index (χ3n) is 24.5. The minimum absolute atomic E-state index is 0.0338. The molecule has 38 heteroatoms. The summed E-state index contributed by atoms with van der Waals surface area (Å²) >= 11 is 0. The van der Waals surface area contributed by atoms with Gasteiger partial charge in [-0.15, -0.1) is 0 Å². The molecule has 0 radical (unpaired) electrons. The molecule has 14 rings (SSSR count). The first-order valence-electron chi connectivity index (χ1n) is 44.4. The van der Waals surface area contributed by atoms with E-state index in [1.807, 2.05) is 25.1 Å². The summed E-state index contributed by atoms with van der Waals surface area (Å²) in [5, 5.41) is 15.2. The summed E-state index contributed by atoms with van der Waals surface area (Å²) in [6.45, 7) is 14.2. The van der Waals surface area contributed by atoms with E-state index >= 15 is 0 Å². The van der Waals surface area contributed by atoms with Gasteiger partial charge in [0.05, 0.1) is 61.8 Å². The summed E-state index contributed by atoms with van der Waals surface area (Å²) in [5.41, 5.74) is 2.49. The van der Waals surface area contributed by atoms with E-state index in [0.29, 0.717) is 97.4 Å². The number of aryl methyl sites for hydroxylation is 1. The number of likely N-dealkylation sites (tertiary alicyclic amines) is 6. The van der Waals surface area contributed by atoms with Crippen molar-refractivity contribution in [2.24, 2.45) is 17.8 Å². The number of nitrogens with zero attached hydrogens (tertiary/aromatic N) is 11. The molecule has 6 aliphatic heterocycles. The van der Waals surface area contributed by atoms with Crippen molar-refractivity contribution in [3.63, 3.8) is 0 Å². The molecule has 3 aromatic heterocycles. The Hall–Kier alpha value is -13.7. The molecule has 8 aromatic rings. The Kier molecular flexibility index (Phi) is 31.6. The summed E-state index contributed by atoms with van der Waals surface area (Å²) < 4.78 is 139. The highest BCUT2D eigenvalue weighted by Gasteiger charge is 2.59. The molecule has 5 aromatic carbocycles. The average molecular weight is 1890 g/mol. The number of pyridine rings is 3. The Morgan fingerprint density at radius 1 is 0.412 bits per heavy atom. The lowest BCUT2D eigenvalue weighted by Gasteiger charge is -2.47. The number of benzene rings is 5. The van der Waals surface area contributed by atoms with Crippen molar-refractivity contribution in [3.05, 3.63) is 243 Å². The summed E-state index contributed by atoms with van der Waals surface area (Å²) in [6, 6.07) is 33.8. The molecular weight excluding hydrogens is 1790 g/mol. The fraction of sp³-hybridized carbons (Fsp3) is 0.429. The van der Waals surface area contributed by atoms with Gasteiger partial charge in [-0.1, -0.05) is 60.7 Å². The zero-order chi connectivity index (χ0) is 98.8. The van der Waals surface area contributed by atoms with Crippen LogP contribution in [0.3, 0.4) is 0 Å². The zero-order valence-corrected chi connectivity index (χ0v) is 76.9. The van der Waals surface area contributed by atoms with Gasteiger partial charge in [-0.05, 0) is 248 Å². The van der Waals surface area contributed by atoms with Crippen LogP contribution >= 0.6 is 0 Å². The third kappa shape index (κ3) is 24.5. The number of β-lactam (4-membered cyclic amide) rings is 3. The van der Waals surface area contributed by atoms with Crippen LogP contribution in [-0.2, 0) is 89.1 Å². The smallest absolute Gasteiger partial charge is 0.416 e. The van der Waals surface area contributed by atoms with Crippen molar-refractivity contribution in [2.75, 3.05) is 77.4 Å². The highest BCUT2D eigenvalue weighted by molar-refractivity contribution is 6.10. The second-order valence-corrected chi connectivity index (χ2v) is 36.2. The number of aromatic nitrogens is 3. The largest absolute Gasteiger partial charge is 0.497 e. The van der Waals surface area contributed by atoms with Crippen LogP contribution < -0.4 is 29.9 Å². The van der Waals surface area contributed by atoms with Gasteiger partial charge in [0, 0.05) is 95.4 Å². The predicted octanol–water partition coefficient (Wildman–Crippen LogP) is 16.2. The molecule has 0 spiro atoms.